The minimum absolute atomic E-state index is 0.0211. The summed E-state index contributed by atoms with van der Waals surface area (Å²) in [6, 6.07) is 0. The first-order chi connectivity index (χ1) is 8.43. The van der Waals surface area contributed by atoms with Crippen molar-refractivity contribution >= 4 is 11.9 Å². The van der Waals surface area contributed by atoms with E-state index in [0.29, 0.717) is 12.8 Å². The van der Waals surface area contributed by atoms with Crippen molar-refractivity contribution in [3.63, 3.8) is 0 Å². The second-order valence-corrected chi connectivity index (χ2v) is 5.11. The molecule has 4 N–H and O–H groups in total. The molecule has 0 aromatic rings. The Balaban J connectivity index is 2.53. The number of aliphatic hydroxyl groups is 2. The fourth-order valence-electron chi connectivity index (χ4n) is 2.31. The van der Waals surface area contributed by atoms with E-state index in [1.165, 1.54) is 6.92 Å². The maximum atomic E-state index is 11.8. The lowest BCUT2D eigenvalue weighted by atomic mass is 9.80. The average Bonchev–Trinajstić information content (AvgIpc) is 2.84. The summed E-state index contributed by atoms with van der Waals surface area (Å²) < 4.78 is 0. The van der Waals surface area contributed by atoms with Gasteiger partial charge in [-0.2, -0.15) is 0 Å². The molecule has 0 aromatic carbocycles. The van der Waals surface area contributed by atoms with Crippen LogP contribution in [0.5, 0.6) is 0 Å². The second kappa shape index (κ2) is 6.15. The smallest absolute Gasteiger partial charge is 0.308 e. The van der Waals surface area contributed by atoms with Gasteiger partial charge in [-0.3, -0.25) is 9.59 Å². The Labute approximate surface area is 106 Å². The minimum atomic E-state index is -1.27. The molecule has 1 rings (SSSR count). The second-order valence-electron chi connectivity index (χ2n) is 5.11. The van der Waals surface area contributed by atoms with E-state index >= 15 is 0 Å². The Bertz CT molecular complexity index is 312. The molecule has 0 spiro atoms. The van der Waals surface area contributed by atoms with Crippen LogP contribution in [0.4, 0.5) is 0 Å². The highest BCUT2D eigenvalue weighted by atomic mass is 16.4. The summed E-state index contributed by atoms with van der Waals surface area (Å²) in [5, 5.41) is 30.5. The predicted molar refractivity (Wildman–Crippen MR) is 63.8 cm³/mol. The van der Waals surface area contributed by atoms with Gasteiger partial charge in [0.05, 0.1) is 12.5 Å². The Morgan fingerprint density at radius 1 is 1.33 bits per heavy atom. The average molecular weight is 259 g/mol. The molecule has 104 valence electrons. The van der Waals surface area contributed by atoms with Crippen molar-refractivity contribution in [2.45, 2.75) is 38.7 Å². The summed E-state index contributed by atoms with van der Waals surface area (Å²) in [6.07, 6.45) is 1.73. The molecule has 0 radical (unpaired) electrons. The summed E-state index contributed by atoms with van der Waals surface area (Å²) in [7, 11) is 0. The van der Waals surface area contributed by atoms with Crippen molar-refractivity contribution in [3.8, 4) is 0 Å². The quantitative estimate of drug-likeness (QED) is 0.525. The number of carbonyl (C=O) groups is 2. The standard InChI is InChI=1S/C12H21NO5/c1-8(11(17)18)6-13-10(16)9(15)12(7-14)4-2-3-5-12/h8-9,14-15H,2-7H2,1H3,(H,13,16)(H,17,18)/t8?,9-/m0/s1. The lowest BCUT2D eigenvalue weighted by Crippen LogP contribution is -2.48. The molecule has 1 amide bonds. The van der Waals surface area contributed by atoms with Crippen LogP contribution in [0.25, 0.3) is 0 Å². The maximum Gasteiger partial charge on any atom is 0.308 e. The fraction of sp³-hybridized carbons (Fsp3) is 0.833. The van der Waals surface area contributed by atoms with E-state index in [4.69, 9.17) is 5.11 Å². The normalized spacial score (nSPS) is 21.3. The molecule has 1 saturated carbocycles. The number of carbonyl (C=O) groups excluding carboxylic acids is 1. The van der Waals surface area contributed by atoms with E-state index in [1.807, 2.05) is 0 Å². The third kappa shape index (κ3) is 3.20. The third-order valence-corrected chi connectivity index (χ3v) is 3.75. The highest BCUT2D eigenvalue weighted by Crippen LogP contribution is 2.40. The Kier molecular flexibility index (Phi) is 5.10. The van der Waals surface area contributed by atoms with Gasteiger partial charge in [-0.15, -0.1) is 0 Å². The minimum Gasteiger partial charge on any atom is -0.481 e. The first-order valence-corrected chi connectivity index (χ1v) is 6.22. The molecule has 1 aliphatic rings. The molecule has 0 aliphatic heterocycles. The van der Waals surface area contributed by atoms with Gasteiger partial charge in [0.1, 0.15) is 6.10 Å². The van der Waals surface area contributed by atoms with Gasteiger partial charge in [0.2, 0.25) is 5.91 Å². The highest BCUT2D eigenvalue weighted by Gasteiger charge is 2.43. The van der Waals surface area contributed by atoms with Crippen LogP contribution in [0.2, 0.25) is 0 Å². The molecule has 0 saturated heterocycles. The monoisotopic (exact) mass is 259 g/mol. The summed E-state index contributed by atoms with van der Waals surface area (Å²) >= 11 is 0. The van der Waals surface area contributed by atoms with Gasteiger partial charge >= 0.3 is 5.97 Å². The van der Waals surface area contributed by atoms with Crippen LogP contribution in [-0.4, -0.2) is 46.5 Å². The van der Waals surface area contributed by atoms with Gasteiger partial charge in [0.15, 0.2) is 0 Å². The van der Waals surface area contributed by atoms with Gasteiger partial charge in [-0.1, -0.05) is 19.8 Å². The summed E-state index contributed by atoms with van der Waals surface area (Å²) in [5.74, 6) is -2.30. The van der Waals surface area contributed by atoms with Crippen molar-refractivity contribution in [2.24, 2.45) is 11.3 Å². The van der Waals surface area contributed by atoms with Crippen LogP contribution in [0.1, 0.15) is 32.6 Å². The van der Waals surface area contributed by atoms with Crippen LogP contribution in [0.15, 0.2) is 0 Å². The lowest BCUT2D eigenvalue weighted by molar-refractivity contribution is -0.142. The fourth-order valence-corrected chi connectivity index (χ4v) is 2.31. The molecular weight excluding hydrogens is 238 g/mol. The zero-order valence-corrected chi connectivity index (χ0v) is 10.6. The number of aliphatic hydroxyl groups excluding tert-OH is 2. The maximum absolute atomic E-state index is 11.8. The number of rotatable bonds is 6. The Morgan fingerprint density at radius 3 is 2.33 bits per heavy atom. The third-order valence-electron chi connectivity index (χ3n) is 3.75. The van der Waals surface area contributed by atoms with E-state index in [1.54, 1.807) is 0 Å². The first-order valence-electron chi connectivity index (χ1n) is 6.22. The van der Waals surface area contributed by atoms with E-state index in [2.05, 4.69) is 5.32 Å². The topological polar surface area (TPSA) is 107 Å². The molecule has 2 atom stereocenters. The van der Waals surface area contributed by atoms with Gasteiger partial charge in [0.25, 0.3) is 0 Å². The Hall–Kier alpha value is -1.14. The van der Waals surface area contributed by atoms with Crippen molar-refractivity contribution in [3.05, 3.63) is 0 Å². The number of hydrogen-bond acceptors (Lipinski definition) is 4. The summed E-state index contributed by atoms with van der Waals surface area (Å²) in [5.41, 5.74) is -0.753. The number of carboxylic acid groups (broad SMARTS) is 1. The summed E-state index contributed by atoms with van der Waals surface area (Å²) in [6.45, 7) is 1.23. The molecule has 1 unspecified atom stereocenters. The van der Waals surface area contributed by atoms with Gasteiger partial charge in [-0.05, 0) is 12.8 Å². The molecule has 6 heteroatoms. The van der Waals surface area contributed by atoms with Crippen LogP contribution in [0.3, 0.4) is 0 Å². The van der Waals surface area contributed by atoms with E-state index in [-0.39, 0.29) is 13.2 Å². The number of amides is 1. The number of nitrogens with one attached hydrogen (secondary N) is 1. The van der Waals surface area contributed by atoms with Crippen LogP contribution in [0, 0.1) is 11.3 Å². The molecule has 0 heterocycles. The van der Waals surface area contributed by atoms with Gasteiger partial charge < -0.3 is 20.6 Å². The molecule has 6 nitrogen and oxygen atoms in total. The molecular formula is C12H21NO5. The highest BCUT2D eigenvalue weighted by molar-refractivity contribution is 5.82. The van der Waals surface area contributed by atoms with E-state index in [0.717, 1.165) is 12.8 Å². The molecule has 0 bridgehead atoms. The SMILES string of the molecule is CC(CNC(=O)[C@H](O)C1(CO)CCCC1)C(=O)O. The first kappa shape index (κ1) is 14.9. The van der Waals surface area contributed by atoms with Crippen molar-refractivity contribution < 1.29 is 24.9 Å². The predicted octanol–water partition coefficient (Wildman–Crippen LogP) is -0.263. The number of aliphatic carboxylic acids is 1. The van der Waals surface area contributed by atoms with Gasteiger partial charge in [-0.25, -0.2) is 0 Å². The number of carboxylic acids is 1. The van der Waals surface area contributed by atoms with Crippen molar-refractivity contribution in [2.75, 3.05) is 13.2 Å². The van der Waals surface area contributed by atoms with E-state index in [9.17, 15) is 19.8 Å². The molecule has 18 heavy (non-hydrogen) atoms. The number of hydrogen-bond donors (Lipinski definition) is 4. The zero-order valence-electron chi connectivity index (χ0n) is 10.6. The largest absolute Gasteiger partial charge is 0.481 e. The zero-order chi connectivity index (χ0) is 13.8. The van der Waals surface area contributed by atoms with Crippen LogP contribution < -0.4 is 5.32 Å². The van der Waals surface area contributed by atoms with Crippen molar-refractivity contribution in [1.29, 1.82) is 0 Å². The van der Waals surface area contributed by atoms with Crippen LogP contribution in [-0.2, 0) is 9.59 Å². The van der Waals surface area contributed by atoms with Gasteiger partial charge in [0, 0.05) is 12.0 Å². The molecule has 0 aromatic heterocycles. The summed E-state index contributed by atoms with van der Waals surface area (Å²) in [4.78, 5) is 22.4. The Morgan fingerprint density at radius 2 is 1.89 bits per heavy atom. The molecule has 1 fully saturated rings. The molecule has 1 aliphatic carbocycles. The van der Waals surface area contributed by atoms with Crippen LogP contribution >= 0.6 is 0 Å². The van der Waals surface area contributed by atoms with Crippen molar-refractivity contribution in [1.82, 2.24) is 5.32 Å². The lowest BCUT2D eigenvalue weighted by Gasteiger charge is -2.31. The van der Waals surface area contributed by atoms with E-state index < -0.39 is 29.3 Å².